The highest BCUT2D eigenvalue weighted by atomic mass is 35.5. The number of halogens is 2. The number of hydrogen-bond acceptors (Lipinski definition) is 4. The Balaban J connectivity index is 2.01. The van der Waals surface area contributed by atoms with E-state index in [1.807, 2.05) is 24.1 Å². The average molecular weight is 308 g/mol. The molecule has 20 heavy (non-hydrogen) atoms. The minimum Gasteiger partial charge on any atom is -0.354 e. The molecule has 2 heterocycles. The van der Waals surface area contributed by atoms with E-state index >= 15 is 0 Å². The van der Waals surface area contributed by atoms with E-state index < -0.39 is 0 Å². The Morgan fingerprint density at radius 3 is 2.85 bits per heavy atom. The fourth-order valence-corrected chi connectivity index (χ4v) is 3.23. The molecule has 0 saturated carbocycles. The zero-order valence-corrected chi connectivity index (χ0v) is 12.2. The van der Waals surface area contributed by atoms with E-state index in [0.29, 0.717) is 23.3 Å². The van der Waals surface area contributed by atoms with Crippen molar-refractivity contribution in [3.05, 3.63) is 51.7 Å². The highest BCUT2D eigenvalue weighted by molar-refractivity contribution is 7.16. The molecule has 2 aromatic heterocycles. The summed E-state index contributed by atoms with van der Waals surface area (Å²) in [5, 5.41) is 0.445. The van der Waals surface area contributed by atoms with E-state index in [-0.39, 0.29) is 5.82 Å². The second-order valence-electron chi connectivity index (χ2n) is 4.39. The first-order valence-electron chi connectivity index (χ1n) is 6.00. The molecule has 6 heteroatoms. The number of aromatic nitrogens is 2. The maximum absolute atomic E-state index is 14.0. The van der Waals surface area contributed by atoms with E-state index in [0.717, 1.165) is 9.21 Å². The van der Waals surface area contributed by atoms with Gasteiger partial charge in [-0.1, -0.05) is 17.7 Å². The van der Waals surface area contributed by atoms with E-state index in [2.05, 4.69) is 9.97 Å². The van der Waals surface area contributed by atoms with Gasteiger partial charge in [-0.25, -0.2) is 14.4 Å². The second kappa shape index (κ2) is 5.34. The molecule has 0 N–H and O–H groups in total. The van der Waals surface area contributed by atoms with Crippen LogP contribution in [0.2, 0.25) is 4.34 Å². The maximum atomic E-state index is 14.0. The minimum atomic E-state index is -0.311. The average Bonchev–Trinajstić information content (AvgIpc) is 2.84. The fraction of sp³-hybridized carbons (Fsp3) is 0.143. The van der Waals surface area contributed by atoms with Crippen molar-refractivity contribution < 1.29 is 4.39 Å². The quantitative estimate of drug-likeness (QED) is 0.729. The Hall–Kier alpha value is -1.72. The molecule has 3 nitrogen and oxygen atoms in total. The molecule has 0 unspecified atom stereocenters. The molecule has 102 valence electrons. The molecule has 0 bridgehead atoms. The largest absolute Gasteiger partial charge is 0.354 e. The van der Waals surface area contributed by atoms with Crippen molar-refractivity contribution >= 4 is 39.7 Å². The van der Waals surface area contributed by atoms with Gasteiger partial charge >= 0.3 is 0 Å². The van der Waals surface area contributed by atoms with Crippen LogP contribution in [-0.4, -0.2) is 17.0 Å². The minimum absolute atomic E-state index is 0.311. The van der Waals surface area contributed by atoms with Crippen molar-refractivity contribution in [1.82, 2.24) is 9.97 Å². The van der Waals surface area contributed by atoms with Crippen LogP contribution in [0.3, 0.4) is 0 Å². The molecule has 0 aliphatic heterocycles. The van der Waals surface area contributed by atoms with Crippen molar-refractivity contribution in [3.63, 3.8) is 0 Å². The van der Waals surface area contributed by atoms with Crippen LogP contribution in [0.1, 0.15) is 4.88 Å². The molecule has 0 amide bonds. The summed E-state index contributed by atoms with van der Waals surface area (Å²) in [6, 6.07) is 8.66. The van der Waals surface area contributed by atoms with E-state index in [1.165, 1.54) is 23.7 Å². The smallest absolute Gasteiger partial charge is 0.142 e. The van der Waals surface area contributed by atoms with Crippen LogP contribution in [0.25, 0.3) is 10.9 Å². The van der Waals surface area contributed by atoms with Crippen LogP contribution in [0.5, 0.6) is 0 Å². The Morgan fingerprint density at radius 2 is 2.10 bits per heavy atom. The maximum Gasteiger partial charge on any atom is 0.142 e. The molecule has 0 aliphatic carbocycles. The van der Waals surface area contributed by atoms with Crippen molar-refractivity contribution in [2.75, 3.05) is 11.9 Å². The number of hydrogen-bond donors (Lipinski definition) is 0. The summed E-state index contributed by atoms with van der Waals surface area (Å²) in [7, 11) is 1.88. The van der Waals surface area contributed by atoms with E-state index in [4.69, 9.17) is 11.6 Å². The summed E-state index contributed by atoms with van der Waals surface area (Å²) in [6.45, 7) is 0.623. The van der Waals surface area contributed by atoms with E-state index in [1.54, 1.807) is 12.1 Å². The molecule has 0 saturated heterocycles. The number of nitrogens with zero attached hydrogens (tertiary/aromatic N) is 3. The van der Waals surface area contributed by atoms with Gasteiger partial charge in [0.05, 0.1) is 21.8 Å². The first-order valence-corrected chi connectivity index (χ1v) is 7.19. The molecule has 0 aliphatic rings. The number of rotatable bonds is 3. The monoisotopic (exact) mass is 307 g/mol. The van der Waals surface area contributed by atoms with Gasteiger partial charge in [0, 0.05) is 11.9 Å². The van der Waals surface area contributed by atoms with Crippen LogP contribution in [0.15, 0.2) is 36.7 Å². The van der Waals surface area contributed by atoms with Gasteiger partial charge in [0.15, 0.2) is 0 Å². The Labute approximate surface area is 124 Å². The summed E-state index contributed by atoms with van der Waals surface area (Å²) in [5.41, 5.74) is 0.603. The molecule has 0 fully saturated rings. The first kappa shape index (κ1) is 13.3. The zero-order chi connectivity index (χ0) is 14.1. The summed E-state index contributed by atoms with van der Waals surface area (Å²) < 4.78 is 14.8. The zero-order valence-electron chi connectivity index (χ0n) is 10.7. The van der Waals surface area contributed by atoms with Gasteiger partial charge in [0.25, 0.3) is 0 Å². The molecule has 3 rings (SSSR count). The van der Waals surface area contributed by atoms with Crippen LogP contribution in [0, 0.1) is 5.82 Å². The Morgan fingerprint density at radius 1 is 1.25 bits per heavy atom. The summed E-state index contributed by atoms with van der Waals surface area (Å²) in [4.78, 5) is 11.3. The Kier molecular flexibility index (Phi) is 3.54. The van der Waals surface area contributed by atoms with Gasteiger partial charge in [0.2, 0.25) is 0 Å². The number of thiophene rings is 1. The van der Waals surface area contributed by atoms with Crippen molar-refractivity contribution in [3.8, 4) is 0 Å². The first-order chi connectivity index (χ1) is 9.65. The van der Waals surface area contributed by atoms with Crippen molar-refractivity contribution in [1.29, 1.82) is 0 Å². The van der Waals surface area contributed by atoms with Crippen molar-refractivity contribution in [2.45, 2.75) is 6.54 Å². The van der Waals surface area contributed by atoms with Gasteiger partial charge in [-0.15, -0.1) is 11.3 Å². The molecular weight excluding hydrogens is 297 g/mol. The fourth-order valence-electron chi connectivity index (χ4n) is 2.09. The predicted octanol–water partition coefficient (Wildman–Crippen LogP) is 4.12. The lowest BCUT2D eigenvalue weighted by Crippen LogP contribution is -2.17. The normalized spacial score (nSPS) is 10.9. The van der Waals surface area contributed by atoms with E-state index in [9.17, 15) is 4.39 Å². The van der Waals surface area contributed by atoms with Crippen LogP contribution < -0.4 is 4.90 Å². The molecule has 0 atom stereocenters. The second-order valence-corrected chi connectivity index (χ2v) is 6.19. The lowest BCUT2D eigenvalue weighted by molar-refractivity contribution is 0.638. The molecule has 0 spiro atoms. The molecule has 3 aromatic rings. The van der Waals surface area contributed by atoms with Crippen LogP contribution in [-0.2, 0) is 6.54 Å². The Bertz CT molecular complexity index is 754. The van der Waals surface area contributed by atoms with Gasteiger partial charge < -0.3 is 4.90 Å². The molecular formula is C14H11ClFN3S. The molecule has 0 radical (unpaired) electrons. The summed E-state index contributed by atoms with van der Waals surface area (Å²) >= 11 is 7.43. The topological polar surface area (TPSA) is 29.0 Å². The third-order valence-corrected chi connectivity index (χ3v) is 4.19. The summed E-state index contributed by atoms with van der Waals surface area (Å²) in [6.07, 6.45) is 1.45. The predicted molar refractivity (Wildman–Crippen MR) is 80.9 cm³/mol. The number of benzene rings is 1. The molecule has 1 aromatic carbocycles. The third-order valence-electron chi connectivity index (χ3n) is 2.98. The lowest BCUT2D eigenvalue weighted by atomic mass is 10.2. The van der Waals surface area contributed by atoms with Gasteiger partial charge in [-0.3, -0.25) is 0 Å². The third kappa shape index (κ3) is 2.46. The standard InChI is InChI=1S/C14H11ClFN3S/c1-19(7-9-5-6-12(15)20-9)14-13-10(16)3-2-4-11(13)17-8-18-14/h2-6,8H,7H2,1H3. The number of anilines is 1. The van der Waals surface area contributed by atoms with Gasteiger partial charge in [-0.05, 0) is 24.3 Å². The van der Waals surface area contributed by atoms with Gasteiger partial charge in [-0.2, -0.15) is 0 Å². The summed E-state index contributed by atoms with van der Waals surface area (Å²) in [5.74, 6) is 0.270. The lowest BCUT2D eigenvalue weighted by Gasteiger charge is -2.18. The van der Waals surface area contributed by atoms with Crippen LogP contribution >= 0.6 is 22.9 Å². The van der Waals surface area contributed by atoms with Crippen molar-refractivity contribution in [2.24, 2.45) is 0 Å². The number of fused-ring (bicyclic) bond motifs is 1. The highest BCUT2D eigenvalue weighted by Gasteiger charge is 2.13. The highest BCUT2D eigenvalue weighted by Crippen LogP contribution is 2.28. The SMILES string of the molecule is CN(Cc1ccc(Cl)s1)c1ncnc2cccc(F)c12. The van der Waals surface area contributed by atoms with Crippen LogP contribution in [0.4, 0.5) is 10.2 Å². The van der Waals surface area contributed by atoms with Gasteiger partial charge in [0.1, 0.15) is 18.0 Å².